The normalized spacial score (nSPS) is 22.3. The van der Waals surface area contributed by atoms with Crippen LogP contribution in [0, 0.1) is 5.92 Å². The summed E-state index contributed by atoms with van der Waals surface area (Å²) in [4.78, 5) is 4.77. The molecule has 0 unspecified atom stereocenters. The highest BCUT2D eigenvalue weighted by Crippen LogP contribution is 2.35. The van der Waals surface area contributed by atoms with Crippen LogP contribution < -0.4 is 0 Å². The first-order valence-electron chi connectivity index (χ1n) is 10.1. The van der Waals surface area contributed by atoms with Crippen LogP contribution in [0.2, 0.25) is 0 Å². The Bertz CT molecular complexity index is 687. The van der Waals surface area contributed by atoms with E-state index >= 15 is 0 Å². The van der Waals surface area contributed by atoms with Gasteiger partial charge in [-0.2, -0.15) is 5.10 Å². The molecule has 5 nitrogen and oxygen atoms in total. The van der Waals surface area contributed by atoms with E-state index in [2.05, 4.69) is 59.5 Å². The summed E-state index contributed by atoms with van der Waals surface area (Å²) in [7, 11) is 6.34. The molecule has 1 aromatic heterocycles. The lowest BCUT2D eigenvalue weighted by Crippen LogP contribution is -2.42. The molecule has 1 fully saturated rings. The van der Waals surface area contributed by atoms with E-state index in [1.165, 1.54) is 24.0 Å². The van der Waals surface area contributed by atoms with Gasteiger partial charge >= 0.3 is 0 Å². The maximum absolute atomic E-state index is 10.5. The molecular weight excluding hydrogens is 336 g/mol. The van der Waals surface area contributed by atoms with Gasteiger partial charge in [0.15, 0.2) is 0 Å². The first kappa shape index (κ1) is 20.1. The van der Waals surface area contributed by atoms with Gasteiger partial charge in [0.1, 0.15) is 0 Å². The minimum atomic E-state index is -0.284. The molecule has 1 saturated heterocycles. The summed E-state index contributed by atoms with van der Waals surface area (Å²) in [6, 6.07) is 10.8. The molecule has 0 amide bonds. The van der Waals surface area contributed by atoms with Crippen LogP contribution in [-0.2, 0) is 13.5 Å². The van der Waals surface area contributed by atoms with Gasteiger partial charge in [-0.1, -0.05) is 30.3 Å². The predicted molar refractivity (Wildman–Crippen MR) is 110 cm³/mol. The van der Waals surface area contributed by atoms with E-state index in [0.717, 1.165) is 32.5 Å². The van der Waals surface area contributed by atoms with Crippen LogP contribution in [0.5, 0.6) is 0 Å². The topological polar surface area (TPSA) is 44.5 Å². The Morgan fingerprint density at radius 2 is 2.04 bits per heavy atom. The third-order valence-electron chi connectivity index (χ3n) is 5.75. The van der Waals surface area contributed by atoms with Crippen molar-refractivity contribution in [3.8, 4) is 0 Å². The summed E-state index contributed by atoms with van der Waals surface area (Å²) in [5.41, 5.74) is 2.60. The lowest BCUT2D eigenvalue weighted by Gasteiger charge is -2.40. The molecule has 148 valence electrons. The zero-order valence-corrected chi connectivity index (χ0v) is 17.0. The SMILES string of the molecule is CN(C[C@@H](O)CCc1ccccc1)C[C@@H]1CCCN(C)[C@H]1c1cnn(C)c1. The molecule has 1 aliphatic heterocycles. The smallest absolute Gasteiger partial charge is 0.0670 e. The second-order valence-corrected chi connectivity index (χ2v) is 8.17. The minimum Gasteiger partial charge on any atom is -0.392 e. The Kier molecular flexibility index (Phi) is 7.05. The summed E-state index contributed by atoms with van der Waals surface area (Å²) in [5, 5.41) is 14.9. The lowest BCUT2D eigenvalue weighted by molar-refractivity contribution is 0.0689. The maximum atomic E-state index is 10.5. The van der Waals surface area contributed by atoms with E-state index in [1.54, 1.807) is 0 Å². The molecule has 27 heavy (non-hydrogen) atoms. The third kappa shape index (κ3) is 5.64. The molecule has 3 rings (SSSR count). The summed E-state index contributed by atoms with van der Waals surface area (Å²) in [5.74, 6) is 0.569. The molecule has 1 aromatic carbocycles. The Morgan fingerprint density at radius 1 is 1.26 bits per heavy atom. The molecule has 0 aliphatic carbocycles. The van der Waals surface area contributed by atoms with Crippen LogP contribution in [0.4, 0.5) is 0 Å². The Balaban J connectivity index is 1.52. The Labute approximate surface area is 163 Å². The monoisotopic (exact) mass is 370 g/mol. The van der Waals surface area contributed by atoms with Gasteiger partial charge in [-0.25, -0.2) is 0 Å². The predicted octanol–water partition coefficient (Wildman–Crippen LogP) is 2.73. The van der Waals surface area contributed by atoms with Crippen LogP contribution >= 0.6 is 0 Å². The van der Waals surface area contributed by atoms with Crippen LogP contribution in [-0.4, -0.2) is 64.5 Å². The lowest BCUT2D eigenvalue weighted by atomic mass is 9.85. The highest BCUT2D eigenvalue weighted by Gasteiger charge is 2.32. The maximum Gasteiger partial charge on any atom is 0.0670 e. The van der Waals surface area contributed by atoms with Crippen molar-refractivity contribution < 1.29 is 5.11 Å². The second-order valence-electron chi connectivity index (χ2n) is 8.17. The molecule has 3 atom stereocenters. The molecule has 0 bridgehead atoms. The summed E-state index contributed by atoms with van der Waals surface area (Å²) in [6.07, 6.45) is 8.08. The van der Waals surface area contributed by atoms with Crippen molar-refractivity contribution in [2.24, 2.45) is 13.0 Å². The third-order valence-corrected chi connectivity index (χ3v) is 5.75. The van der Waals surface area contributed by atoms with E-state index in [1.807, 2.05) is 24.0 Å². The molecule has 0 saturated carbocycles. The number of aliphatic hydroxyl groups excluding tert-OH is 1. The van der Waals surface area contributed by atoms with E-state index < -0.39 is 0 Å². The van der Waals surface area contributed by atoms with Crippen molar-refractivity contribution in [1.29, 1.82) is 0 Å². The summed E-state index contributed by atoms with van der Waals surface area (Å²) >= 11 is 0. The fourth-order valence-corrected chi connectivity index (χ4v) is 4.47. The fraction of sp³-hybridized carbons (Fsp3) is 0.591. The van der Waals surface area contributed by atoms with Crippen molar-refractivity contribution in [2.45, 2.75) is 37.8 Å². The molecule has 1 N–H and O–H groups in total. The van der Waals surface area contributed by atoms with Gasteiger partial charge in [-0.3, -0.25) is 9.58 Å². The molecule has 2 aromatic rings. The average Bonchev–Trinajstić information content (AvgIpc) is 3.07. The van der Waals surface area contributed by atoms with Crippen LogP contribution in [0.3, 0.4) is 0 Å². The Morgan fingerprint density at radius 3 is 2.74 bits per heavy atom. The number of nitrogens with zero attached hydrogens (tertiary/aromatic N) is 4. The van der Waals surface area contributed by atoms with E-state index in [4.69, 9.17) is 0 Å². The number of aliphatic hydroxyl groups is 1. The van der Waals surface area contributed by atoms with Gasteiger partial charge < -0.3 is 10.0 Å². The molecular formula is C22H34N4O. The standard InChI is InChI=1S/C22H34N4O/c1-24(17-21(27)12-11-18-8-5-4-6-9-18)15-19-10-7-13-25(2)22(19)20-14-23-26(3)16-20/h4-6,8-9,14,16,19,21-22,27H,7,10-13,15,17H2,1-3H3/t19-,21-,22+/m0/s1. The molecule has 2 heterocycles. The highest BCUT2D eigenvalue weighted by atomic mass is 16.3. The first-order chi connectivity index (χ1) is 13.0. The summed E-state index contributed by atoms with van der Waals surface area (Å²) < 4.78 is 1.89. The zero-order valence-electron chi connectivity index (χ0n) is 17.0. The number of aromatic nitrogens is 2. The second kappa shape index (κ2) is 9.49. The number of likely N-dealkylation sites (tertiary alicyclic amines) is 1. The van der Waals surface area contributed by atoms with E-state index in [0.29, 0.717) is 12.0 Å². The van der Waals surface area contributed by atoms with E-state index in [-0.39, 0.29) is 6.10 Å². The molecule has 5 heteroatoms. The molecule has 0 radical (unpaired) electrons. The number of hydrogen-bond acceptors (Lipinski definition) is 4. The van der Waals surface area contributed by atoms with Crippen molar-refractivity contribution in [1.82, 2.24) is 19.6 Å². The number of aryl methyl sites for hydroxylation is 2. The zero-order chi connectivity index (χ0) is 19.2. The van der Waals surface area contributed by atoms with Crippen molar-refractivity contribution in [3.05, 3.63) is 53.9 Å². The van der Waals surface area contributed by atoms with Crippen LogP contribution in [0.25, 0.3) is 0 Å². The first-order valence-corrected chi connectivity index (χ1v) is 10.1. The van der Waals surface area contributed by atoms with Crippen molar-refractivity contribution in [3.63, 3.8) is 0 Å². The molecule has 1 aliphatic rings. The Hall–Kier alpha value is -1.69. The highest BCUT2D eigenvalue weighted by molar-refractivity contribution is 5.15. The average molecular weight is 371 g/mol. The summed E-state index contributed by atoms with van der Waals surface area (Å²) in [6.45, 7) is 2.87. The van der Waals surface area contributed by atoms with Crippen LogP contribution in [0.15, 0.2) is 42.7 Å². The number of piperidine rings is 1. The van der Waals surface area contributed by atoms with Crippen molar-refractivity contribution >= 4 is 0 Å². The molecule has 0 spiro atoms. The van der Waals surface area contributed by atoms with Gasteiger partial charge in [0.25, 0.3) is 0 Å². The number of hydrogen-bond donors (Lipinski definition) is 1. The fourth-order valence-electron chi connectivity index (χ4n) is 4.47. The van der Waals surface area contributed by atoms with Gasteiger partial charge in [-0.05, 0) is 57.8 Å². The quantitative estimate of drug-likeness (QED) is 0.776. The van der Waals surface area contributed by atoms with Crippen LogP contribution in [0.1, 0.15) is 36.4 Å². The van der Waals surface area contributed by atoms with Gasteiger partial charge in [-0.15, -0.1) is 0 Å². The van der Waals surface area contributed by atoms with Gasteiger partial charge in [0, 0.05) is 37.9 Å². The van der Waals surface area contributed by atoms with Crippen molar-refractivity contribution in [2.75, 3.05) is 33.7 Å². The van der Waals surface area contributed by atoms with Gasteiger partial charge in [0.2, 0.25) is 0 Å². The number of benzene rings is 1. The number of likely N-dealkylation sites (N-methyl/N-ethyl adjacent to an activating group) is 1. The largest absolute Gasteiger partial charge is 0.392 e. The van der Waals surface area contributed by atoms with Gasteiger partial charge in [0.05, 0.1) is 12.3 Å². The minimum absolute atomic E-state index is 0.284. The number of rotatable bonds is 8. The van der Waals surface area contributed by atoms with E-state index in [9.17, 15) is 5.11 Å².